The molecule has 0 unspecified atom stereocenters. The van der Waals surface area contributed by atoms with Gasteiger partial charge in [0.1, 0.15) is 0 Å². The van der Waals surface area contributed by atoms with E-state index in [1.807, 2.05) is 0 Å². The molecule has 0 saturated carbocycles. The van der Waals surface area contributed by atoms with Gasteiger partial charge in [-0.05, 0) is 30.5 Å². The zero-order valence-corrected chi connectivity index (χ0v) is 8.00. The number of alkyl halides is 2. The molecule has 1 heterocycles. The Morgan fingerprint density at radius 2 is 2.00 bits per heavy atom. The van der Waals surface area contributed by atoms with Crippen LogP contribution in [0.15, 0.2) is 30.9 Å². The average Bonchev–Trinajstić information content (AvgIpc) is 2.47. The van der Waals surface area contributed by atoms with E-state index in [4.69, 9.17) is 0 Å². The first kappa shape index (κ1) is 9.96. The Balaban J connectivity index is 2.18. The molecule has 0 spiro atoms. The van der Waals surface area contributed by atoms with Gasteiger partial charge in [0, 0.05) is 0 Å². The summed E-state index contributed by atoms with van der Waals surface area (Å²) in [6, 6.07) is 4.81. The lowest BCUT2D eigenvalue weighted by molar-refractivity contribution is -0.286. The summed E-state index contributed by atoms with van der Waals surface area (Å²) in [6.07, 6.45) is -0.194. The summed E-state index contributed by atoms with van der Waals surface area (Å²) in [7, 11) is 0. The third-order valence-electron chi connectivity index (χ3n) is 2.10. The molecule has 1 aliphatic rings. The summed E-state index contributed by atoms with van der Waals surface area (Å²) in [4.78, 5) is 0. The number of ether oxygens (including phenoxy) is 2. The van der Waals surface area contributed by atoms with Crippen LogP contribution in [0, 0.1) is 0 Å². The SMILES string of the molecule is C=CCCc1ccc2c(c1)OC(F)(F)O2. The smallest absolute Gasteiger partial charge is 0.395 e. The van der Waals surface area contributed by atoms with Crippen LogP contribution in [0.5, 0.6) is 11.5 Å². The average molecular weight is 212 g/mol. The number of hydrogen-bond donors (Lipinski definition) is 0. The molecule has 0 atom stereocenters. The Morgan fingerprint density at radius 1 is 1.27 bits per heavy atom. The second-order valence-electron chi connectivity index (χ2n) is 3.28. The molecule has 1 aliphatic heterocycles. The van der Waals surface area contributed by atoms with Crippen molar-refractivity contribution in [2.45, 2.75) is 19.1 Å². The minimum atomic E-state index is -3.53. The van der Waals surface area contributed by atoms with Crippen molar-refractivity contribution in [3.05, 3.63) is 36.4 Å². The molecule has 15 heavy (non-hydrogen) atoms. The Morgan fingerprint density at radius 3 is 2.73 bits per heavy atom. The van der Waals surface area contributed by atoms with Crippen LogP contribution in [0.4, 0.5) is 8.78 Å². The summed E-state index contributed by atoms with van der Waals surface area (Å²) < 4.78 is 33.9. The first-order valence-electron chi connectivity index (χ1n) is 4.60. The van der Waals surface area contributed by atoms with Gasteiger partial charge in [-0.15, -0.1) is 15.4 Å². The third kappa shape index (κ3) is 2.09. The van der Waals surface area contributed by atoms with Crippen molar-refractivity contribution in [3.8, 4) is 11.5 Å². The summed E-state index contributed by atoms with van der Waals surface area (Å²) in [5.41, 5.74) is 0.926. The molecule has 0 fully saturated rings. The van der Waals surface area contributed by atoms with Crippen LogP contribution in [0.1, 0.15) is 12.0 Å². The van der Waals surface area contributed by atoms with Crippen LogP contribution >= 0.6 is 0 Å². The molecule has 1 aromatic carbocycles. The number of rotatable bonds is 3. The van der Waals surface area contributed by atoms with E-state index in [9.17, 15) is 8.78 Å². The summed E-state index contributed by atoms with van der Waals surface area (Å²) in [5.74, 6) is 0.184. The van der Waals surface area contributed by atoms with Crippen molar-refractivity contribution in [2.24, 2.45) is 0 Å². The molecule has 2 rings (SSSR count). The van der Waals surface area contributed by atoms with E-state index in [0.29, 0.717) is 0 Å². The van der Waals surface area contributed by atoms with Crippen LogP contribution < -0.4 is 9.47 Å². The van der Waals surface area contributed by atoms with E-state index in [1.165, 1.54) is 6.07 Å². The summed E-state index contributed by atoms with van der Waals surface area (Å²) >= 11 is 0. The van der Waals surface area contributed by atoms with Gasteiger partial charge in [0.25, 0.3) is 0 Å². The standard InChI is InChI=1S/C11H10F2O2/c1-2-3-4-8-5-6-9-10(7-8)15-11(12,13)14-9/h2,5-7H,1,3-4H2. The molecule has 2 nitrogen and oxygen atoms in total. The monoisotopic (exact) mass is 212 g/mol. The predicted octanol–water partition coefficient (Wildman–Crippen LogP) is 3.13. The molecular weight excluding hydrogens is 202 g/mol. The van der Waals surface area contributed by atoms with Gasteiger partial charge in [-0.1, -0.05) is 12.1 Å². The molecule has 0 aromatic heterocycles. The largest absolute Gasteiger partial charge is 0.586 e. The van der Waals surface area contributed by atoms with Crippen molar-refractivity contribution in [2.75, 3.05) is 0 Å². The molecule has 1 aromatic rings. The van der Waals surface area contributed by atoms with Gasteiger partial charge < -0.3 is 9.47 Å². The maximum absolute atomic E-state index is 12.7. The number of fused-ring (bicyclic) bond motifs is 1. The minimum Gasteiger partial charge on any atom is -0.395 e. The fourth-order valence-electron chi connectivity index (χ4n) is 1.42. The fraction of sp³-hybridized carbons (Fsp3) is 0.273. The van der Waals surface area contributed by atoms with Crippen molar-refractivity contribution in [1.29, 1.82) is 0 Å². The van der Waals surface area contributed by atoms with E-state index < -0.39 is 6.29 Å². The second kappa shape index (κ2) is 3.53. The van der Waals surface area contributed by atoms with Gasteiger partial charge in [-0.3, -0.25) is 0 Å². The van der Waals surface area contributed by atoms with E-state index in [-0.39, 0.29) is 11.5 Å². The highest BCUT2D eigenvalue weighted by molar-refractivity contribution is 5.45. The molecule has 0 amide bonds. The maximum Gasteiger partial charge on any atom is 0.586 e. The summed E-state index contributed by atoms with van der Waals surface area (Å²) in [5, 5.41) is 0. The van der Waals surface area contributed by atoms with Gasteiger partial charge in [0.2, 0.25) is 0 Å². The van der Waals surface area contributed by atoms with Gasteiger partial charge in [0.05, 0.1) is 0 Å². The highest BCUT2D eigenvalue weighted by Gasteiger charge is 2.43. The number of halogens is 2. The van der Waals surface area contributed by atoms with Gasteiger partial charge in [0.15, 0.2) is 11.5 Å². The van der Waals surface area contributed by atoms with E-state index in [1.54, 1.807) is 18.2 Å². The van der Waals surface area contributed by atoms with E-state index in [2.05, 4.69) is 16.1 Å². The van der Waals surface area contributed by atoms with Gasteiger partial charge >= 0.3 is 6.29 Å². The number of allylic oxidation sites excluding steroid dienone is 1. The van der Waals surface area contributed by atoms with Crippen LogP contribution in [0.25, 0.3) is 0 Å². The molecule has 0 N–H and O–H groups in total. The Hall–Kier alpha value is -1.58. The van der Waals surface area contributed by atoms with Crippen molar-refractivity contribution in [3.63, 3.8) is 0 Å². The second-order valence-corrected chi connectivity index (χ2v) is 3.28. The van der Waals surface area contributed by atoms with Crippen molar-refractivity contribution in [1.82, 2.24) is 0 Å². The van der Waals surface area contributed by atoms with Crippen LogP contribution in [0.3, 0.4) is 0 Å². The van der Waals surface area contributed by atoms with Crippen molar-refractivity contribution >= 4 is 0 Å². The number of benzene rings is 1. The molecule has 0 bridgehead atoms. The quantitative estimate of drug-likeness (QED) is 0.716. The van der Waals surface area contributed by atoms with Gasteiger partial charge in [-0.25, -0.2) is 0 Å². The predicted molar refractivity (Wildman–Crippen MR) is 51.2 cm³/mol. The zero-order valence-electron chi connectivity index (χ0n) is 8.00. The normalized spacial score (nSPS) is 16.4. The number of hydrogen-bond acceptors (Lipinski definition) is 2. The highest BCUT2D eigenvalue weighted by Crippen LogP contribution is 2.41. The Bertz CT molecular complexity index is 388. The highest BCUT2D eigenvalue weighted by atomic mass is 19.3. The van der Waals surface area contributed by atoms with E-state index >= 15 is 0 Å². The lowest BCUT2D eigenvalue weighted by Gasteiger charge is -2.04. The molecule has 0 aliphatic carbocycles. The fourth-order valence-corrected chi connectivity index (χ4v) is 1.42. The van der Waals surface area contributed by atoms with Crippen LogP contribution in [0.2, 0.25) is 0 Å². The topological polar surface area (TPSA) is 18.5 Å². The lowest BCUT2D eigenvalue weighted by atomic mass is 10.1. The molecule has 0 saturated heterocycles. The molecule has 0 radical (unpaired) electrons. The first-order chi connectivity index (χ1) is 7.11. The van der Waals surface area contributed by atoms with Crippen LogP contribution in [-0.4, -0.2) is 6.29 Å². The molecular formula is C11H10F2O2. The van der Waals surface area contributed by atoms with E-state index in [0.717, 1.165) is 18.4 Å². The number of aryl methyl sites for hydroxylation is 1. The lowest BCUT2D eigenvalue weighted by Crippen LogP contribution is -2.25. The Labute approximate surface area is 86.1 Å². The third-order valence-corrected chi connectivity index (χ3v) is 2.10. The zero-order chi connectivity index (χ0) is 10.9. The minimum absolute atomic E-state index is 0.0855. The molecule has 4 heteroatoms. The Kier molecular flexibility index (Phi) is 2.34. The van der Waals surface area contributed by atoms with Gasteiger partial charge in [-0.2, -0.15) is 0 Å². The molecule has 80 valence electrons. The maximum atomic E-state index is 12.7. The summed E-state index contributed by atoms with van der Waals surface area (Å²) in [6.45, 7) is 3.60. The first-order valence-corrected chi connectivity index (χ1v) is 4.60. The van der Waals surface area contributed by atoms with Crippen LogP contribution in [-0.2, 0) is 6.42 Å². The van der Waals surface area contributed by atoms with Crippen molar-refractivity contribution < 1.29 is 18.3 Å².